The van der Waals surface area contributed by atoms with Gasteiger partial charge in [-0.3, -0.25) is 9.36 Å². The lowest BCUT2D eigenvalue weighted by atomic mass is 9.95. The lowest BCUT2D eigenvalue weighted by molar-refractivity contribution is -0.139. The van der Waals surface area contributed by atoms with E-state index >= 15 is 0 Å². The molecule has 0 fully saturated rings. The van der Waals surface area contributed by atoms with Crippen molar-refractivity contribution in [3.63, 3.8) is 0 Å². The Morgan fingerprint density at radius 2 is 1.78 bits per heavy atom. The molecule has 0 N–H and O–H groups in total. The number of methoxy groups -OCH3 is 1. The Morgan fingerprint density at radius 1 is 1.02 bits per heavy atom. The molecule has 0 saturated carbocycles. The highest BCUT2D eigenvalue weighted by molar-refractivity contribution is 7.07. The molecule has 2 aromatic carbocycles. The Kier molecular flexibility index (Phi) is 9.38. The average Bonchev–Trinajstić information content (AvgIpc) is 3.60. The molecular weight excluding hydrogens is 596 g/mol. The Balaban J connectivity index is 1.60. The molecule has 45 heavy (non-hydrogen) atoms. The number of rotatable bonds is 10. The van der Waals surface area contributed by atoms with Crippen molar-refractivity contribution in [2.24, 2.45) is 4.99 Å². The van der Waals surface area contributed by atoms with Crippen LogP contribution in [0.4, 0.5) is 0 Å². The van der Waals surface area contributed by atoms with Gasteiger partial charge < -0.3 is 23.4 Å². The molecule has 1 aliphatic rings. The van der Waals surface area contributed by atoms with Gasteiger partial charge in [0.2, 0.25) is 0 Å². The number of allylic oxidation sites excluding steroid dienone is 1. The first kappa shape index (κ1) is 31.5. The molecule has 10 nitrogen and oxygen atoms in total. The van der Waals surface area contributed by atoms with Crippen LogP contribution < -0.4 is 24.4 Å². The second-order valence-corrected chi connectivity index (χ2v) is 11.4. The van der Waals surface area contributed by atoms with Crippen molar-refractivity contribution >= 4 is 29.4 Å². The van der Waals surface area contributed by atoms with E-state index in [0.29, 0.717) is 54.7 Å². The van der Waals surface area contributed by atoms with Gasteiger partial charge in [-0.05, 0) is 76.6 Å². The zero-order valence-electron chi connectivity index (χ0n) is 25.9. The van der Waals surface area contributed by atoms with E-state index in [1.807, 2.05) is 26.0 Å². The summed E-state index contributed by atoms with van der Waals surface area (Å²) in [4.78, 5) is 44.5. The van der Waals surface area contributed by atoms with Crippen LogP contribution in [-0.4, -0.2) is 42.9 Å². The molecule has 3 heterocycles. The van der Waals surface area contributed by atoms with Crippen LogP contribution in [0, 0.1) is 0 Å². The van der Waals surface area contributed by atoms with E-state index in [1.54, 1.807) is 69.3 Å². The fraction of sp³-hybridized carbons (Fsp3) is 0.294. The van der Waals surface area contributed by atoms with Crippen molar-refractivity contribution < 1.29 is 33.0 Å². The van der Waals surface area contributed by atoms with Crippen molar-refractivity contribution in [3.8, 4) is 22.8 Å². The van der Waals surface area contributed by atoms with Crippen LogP contribution >= 0.6 is 11.3 Å². The molecule has 0 amide bonds. The van der Waals surface area contributed by atoms with Gasteiger partial charge in [-0.1, -0.05) is 29.5 Å². The van der Waals surface area contributed by atoms with Crippen LogP contribution in [-0.2, 0) is 14.3 Å². The Morgan fingerprint density at radius 3 is 2.49 bits per heavy atom. The predicted octanol–water partition coefficient (Wildman–Crippen LogP) is 5.03. The molecule has 4 aromatic rings. The van der Waals surface area contributed by atoms with Crippen molar-refractivity contribution in [2.75, 3.05) is 20.3 Å². The van der Waals surface area contributed by atoms with E-state index in [4.69, 9.17) is 23.4 Å². The fourth-order valence-electron chi connectivity index (χ4n) is 5.04. The molecule has 1 atom stereocenters. The van der Waals surface area contributed by atoms with Crippen LogP contribution in [0.15, 0.2) is 80.1 Å². The molecule has 234 valence electrons. The Labute approximate surface area is 263 Å². The summed E-state index contributed by atoms with van der Waals surface area (Å²) < 4.78 is 29.9. The summed E-state index contributed by atoms with van der Waals surface area (Å²) in [6, 6.07) is 15.0. The highest BCUT2D eigenvalue weighted by atomic mass is 32.1. The van der Waals surface area contributed by atoms with E-state index in [-0.39, 0.29) is 30.5 Å². The van der Waals surface area contributed by atoms with Crippen LogP contribution in [0.1, 0.15) is 62.3 Å². The summed E-state index contributed by atoms with van der Waals surface area (Å²) in [5.41, 5.74) is 2.10. The minimum absolute atomic E-state index is 0.0803. The first-order valence-electron chi connectivity index (χ1n) is 14.6. The Hall–Kier alpha value is -4.90. The number of nitrogens with zero attached hydrogens (tertiary/aromatic N) is 2. The molecule has 11 heteroatoms. The quantitative estimate of drug-likeness (QED) is 0.224. The summed E-state index contributed by atoms with van der Waals surface area (Å²) >= 11 is 1.19. The standard InChI is InChI=1S/C34H34N2O8S/c1-7-41-32(38)23-11-9-10-21(16-23)25-15-13-24(44-25)18-28-31(37)36-30(22-12-14-26(43-19(3)4)27(17-22)40-6)29(33(39)42-8-2)20(5)35-34(36)45-28/h9-19,30H,7-8H2,1-6H3/b28-18+/t30-/m1/s1. The van der Waals surface area contributed by atoms with Gasteiger partial charge in [0.15, 0.2) is 16.3 Å². The normalized spacial score (nSPS) is 14.6. The minimum atomic E-state index is -0.817. The van der Waals surface area contributed by atoms with Gasteiger partial charge in [-0.2, -0.15) is 0 Å². The molecule has 2 aromatic heterocycles. The van der Waals surface area contributed by atoms with Gasteiger partial charge in [0.05, 0.1) is 53.8 Å². The molecule has 1 aliphatic heterocycles. The number of benzene rings is 2. The molecule has 0 spiro atoms. The third kappa shape index (κ3) is 6.48. The maximum absolute atomic E-state index is 14.0. The maximum Gasteiger partial charge on any atom is 0.338 e. The number of hydrogen-bond donors (Lipinski definition) is 0. The number of esters is 2. The monoisotopic (exact) mass is 630 g/mol. The second kappa shape index (κ2) is 13.4. The van der Waals surface area contributed by atoms with Crippen molar-refractivity contribution in [3.05, 3.63) is 102 Å². The van der Waals surface area contributed by atoms with E-state index in [2.05, 4.69) is 4.99 Å². The summed E-state index contributed by atoms with van der Waals surface area (Å²) in [7, 11) is 1.54. The lowest BCUT2D eigenvalue weighted by Crippen LogP contribution is -2.40. The summed E-state index contributed by atoms with van der Waals surface area (Å²) in [5, 5.41) is 0. The molecule has 0 radical (unpaired) electrons. The van der Waals surface area contributed by atoms with Crippen molar-refractivity contribution in [1.29, 1.82) is 0 Å². The van der Waals surface area contributed by atoms with Gasteiger partial charge >= 0.3 is 11.9 Å². The number of fused-ring (bicyclic) bond motifs is 1. The largest absolute Gasteiger partial charge is 0.493 e. The Bertz CT molecular complexity index is 1960. The molecule has 0 unspecified atom stereocenters. The molecule has 0 bridgehead atoms. The molecule has 0 saturated heterocycles. The van der Waals surface area contributed by atoms with Crippen molar-refractivity contribution in [2.45, 2.75) is 46.8 Å². The van der Waals surface area contributed by atoms with E-state index in [1.165, 1.54) is 23.0 Å². The molecule has 0 aliphatic carbocycles. The highest BCUT2D eigenvalue weighted by Gasteiger charge is 2.34. The SMILES string of the molecule is CCOC(=O)C1=C(C)N=c2s/c(=C/c3ccc(-c4cccc(C(=O)OCC)c4)o3)c(=O)n2[C@@H]1c1ccc(OC(C)C)c(OC)c1. The minimum Gasteiger partial charge on any atom is -0.493 e. The zero-order valence-corrected chi connectivity index (χ0v) is 26.7. The van der Waals surface area contributed by atoms with Gasteiger partial charge in [-0.15, -0.1) is 0 Å². The first-order valence-corrected chi connectivity index (χ1v) is 15.4. The van der Waals surface area contributed by atoms with Crippen LogP contribution in [0.25, 0.3) is 17.4 Å². The fourth-order valence-corrected chi connectivity index (χ4v) is 6.07. The summed E-state index contributed by atoms with van der Waals surface area (Å²) in [6.45, 7) is 9.48. The molecular formula is C34H34N2O8S. The van der Waals surface area contributed by atoms with E-state index in [0.717, 1.165) is 0 Å². The van der Waals surface area contributed by atoms with E-state index in [9.17, 15) is 14.4 Å². The van der Waals surface area contributed by atoms with Crippen molar-refractivity contribution in [1.82, 2.24) is 4.57 Å². The highest BCUT2D eigenvalue weighted by Crippen LogP contribution is 2.36. The zero-order chi connectivity index (χ0) is 32.2. The lowest BCUT2D eigenvalue weighted by Gasteiger charge is -2.25. The number of furan rings is 1. The van der Waals surface area contributed by atoms with Gasteiger partial charge in [-0.25, -0.2) is 14.6 Å². The van der Waals surface area contributed by atoms with Gasteiger partial charge in [0, 0.05) is 11.6 Å². The van der Waals surface area contributed by atoms with Gasteiger partial charge in [0.1, 0.15) is 11.5 Å². The van der Waals surface area contributed by atoms with Crippen LogP contribution in [0.3, 0.4) is 0 Å². The number of thiazole rings is 1. The number of carbonyl (C=O) groups excluding carboxylic acids is 2. The predicted molar refractivity (Wildman–Crippen MR) is 169 cm³/mol. The maximum atomic E-state index is 14.0. The second-order valence-electron chi connectivity index (χ2n) is 10.4. The van der Waals surface area contributed by atoms with Crippen LogP contribution in [0.2, 0.25) is 0 Å². The van der Waals surface area contributed by atoms with Gasteiger partial charge in [0.25, 0.3) is 5.56 Å². The topological polar surface area (TPSA) is 119 Å². The average molecular weight is 631 g/mol. The van der Waals surface area contributed by atoms with E-state index < -0.39 is 18.0 Å². The first-order chi connectivity index (χ1) is 21.6. The summed E-state index contributed by atoms with van der Waals surface area (Å²) in [6.07, 6.45) is 1.56. The molecule has 5 rings (SSSR count). The number of aromatic nitrogens is 1. The number of hydrogen-bond acceptors (Lipinski definition) is 10. The van der Waals surface area contributed by atoms with Crippen LogP contribution in [0.5, 0.6) is 11.5 Å². The summed E-state index contributed by atoms with van der Waals surface area (Å²) in [5.74, 6) is 1.000. The number of ether oxygens (including phenoxy) is 4. The smallest absolute Gasteiger partial charge is 0.338 e. The third-order valence-electron chi connectivity index (χ3n) is 6.94. The third-order valence-corrected chi connectivity index (χ3v) is 7.92. The number of carbonyl (C=O) groups is 2.